The first-order chi connectivity index (χ1) is 23.2. The lowest BCUT2D eigenvalue weighted by molar-refractivity contribution is -0.292. The largest absolute Gasteiger partial charge is 0.497 e. The lowest BCUT2D eigenvalue weighted by Crippen LogP contribution is -2.53. The summed E-state index contributed by atoms with van der Waals surface area (Å²) in [5.41, 5.74) is 0.415. The molecule has 3 heterocycles. The molecule has 2 aromatic rings. The zero-order valence-corrected chi connectivity index (χ0v) is 31.3. The summed E-state index contributed by atoms with van der Waals surface area (Å²) in [6, 6.07) is 17.1. The van der Waals surface area contributed by atoms with Crippen LogP contribution in [0.3, 0.4) is 0 Å². The summed E-state index contributed by atoms with van der Waals surface area (Å²) in [7, 11) is -0.492. The van der Waals surface area contributed by atoms with Gasteiger partial charge in [-0.1, -0.05) is 58.0 Å². The van der Waals surface area contributed by atoms with Crippen LogP contribution < -0.4 is 10.1 Å². The molecule has 0 bridgehead atoms. The average molecular weight is 700 g/mol. The number of hydrogen-bond donors (Lipinski definition) is 3. The normalized spacial score (nSPS) is 30.3. The van der Waals surface area contributed by atoms with Gasteiger partial charge >= 0.3 is 0 Å². The Morgan fingerprint density at radius 2 is 1.71 bits per heavy atom. The molecule has 0 saturated carbocycles. The number of amides is 1. The quantitative estimate of drug-likeness (QED) is 0.210. The van der Waals surface area contributed by atoms with Gasteiger partial charge in [-0.25, -0.2) is 0 Å². The lowest BCUT2D eigenvalue weighted by Gasteiger charge is -2.41. The molecule has 8 atom stereocenters. The van der Waals surface area contributed by atoms with Gasteiger partial charge in [-0.3, -0.25) is 4.79 Å². The van der Waals surface area contributed by atoms with Gasteiger partial charge in [-0.2, -0.15) is 0 Å². The van der Waals surface area contributed by atoms with E-state index in [0.717, 1.165) is 29.8 Å². The van der Waals surface area contributed by atoms with E-state index < -0.39 is 56.6 Å². The number of hydrogen-bond acceptors (Lipinski definition) is 9. The molecule has 0 unspecified atom stereocenters. The smallest absolute Gasteiger partial charge is 0.229 e. The summed E-state index contributed by atoms with van der Waals surface area (Å²) in [5.74, 6) is -0.631. The van der Waals surface area contributed by atoms with Crippen LogP contribution >= 0.6 is 0 Å². The number of benzene rings is 2. The summed E-state index contributed by atoms with van der Waals surface area (Å²) >= 11 is 0. The van der Waals surface area contributed by atoms with Gasteiger partial charge in [-0.05, 0) is 67.2 Å². The van der Waals surface area contributed by atoms with E-state index in [4.69, 9.17) is 28.1 Å². The number of nitrogens with one attached hydrogen (secondary N) is 1. The molecule has 3 aliphatic rings. The zero-order chi connectivity index (χ0) is 35.5. The second-order valence-corrected chi connectivity index (χ2v) is 20.4. The Labute approximate surface area is 292 Å². The van der Waals surface area contributed by atoms with Crippen molar-refractivity contribution in [2.24, 2.45) is 5.92 Å². The zero-order valence-electron chi connectivity index (χ0n) is 30.3. The number of para-hydroxylation sites is 1. The molecule has 11 heteroatoms. The average Bonchev–Trinajstić information content (AvgIpc) is 3.67. The highest BCUT2D eigenvalue weighted by Gasteiger charge is 2.57. The van der Waals surface area contributed by atoms with Crippen LogP contribution in [0.2, 0.25) is 18.1 Å². The predicted molar refractivity (Wildman–Crippen MR) is 190 cm³/mol. The fraction of sp³-hybridized carbons (Fsp3) is 0.658. The molecule has 3 aliphatic heterocycles. The molecule has 1 amide bonds. The Bertz CT molecular complexity index is 1370. The number of ether oxygens (including phenoxy) is 5. The van der Waals surface area contributed by atoms with E-state index in [0.29, 0.717) is 32.5 Å². The van der Waals surface area contributed by atoms with E-state index in [1.807, 2.05) is 61.5 Å². The maximum absolute atomic E-state index is 13.1. The molecule has 3 fully saturated rings. The van der Waals surface area contributed by atoms with Crippen molar-refractivity contribution in [3.63, 3.8) is 0 Å². The van der Waals surface area contributed by atoms with Crippen molar-refractivity contribution in [1.29, 1.82) is 0 Å². The summed E-state index contributed by atoms with van der Waals surface area (Å²) in [6.07, 6.45) is 0.638. The Morgan fingerprint density at radius 1 is 1.02 bits per heavy atom. The Balaban J connectivity index is 1.27. The number of methoxy groups -OCH3 is 1. The summed E-state index contributed by atoms with van der Waals surface area (Å²) in [6.45, 7) is 13.1. The molecule has 3 saturated heterocycles. The second-order valence-electron chi connectivity index (χ2n) is 15.6. The molecule has 0 aromatic heterocycles. The number of rotatable bonds is 13. The fourth-order valence-electron chi connectivity index (χ4n) is 6.88. The number of aliphatic hydroxyl groups excluding tert-OH is 2. The van der Waals surface area contributed by atoms with Crippen LogP contribution in [0, 0.1) is 5.92 Å². The van der Waals surface area contributed by atoms with Gasteiger partial charge in [-0.15, -0.1) is 0 Å². The van der Waals surface area contributed by atoms with Crippen LogP contribution in [-0.2, 0) is 34.8 Å². The minimum atomic E-state index is -2.13. The van der Waals surface area contributed by atoms with E-state index in [2.05, 4.69) is 39.2 Å². The molecule has 0 radical (unpaired) electrons. The van der Waals surface area contributed by atoms with Gasteiger partial charge in [0.1, 0.15) is 23.6 Å². The first-order valence-corrected chi connectivity index (χ1v) is 20.7. The van der Waals surface area contributed by atoms with Gasteiger partial charge in [0.25, 0.3) is 0 Å². The molecule has 2 aromatic carbocycles. The molecular weight excluding hydrogens is 643 g/mol. The van der Waals surface area contributed by atoms with E-state index >= 15 is 0 Å². The van der Waals surface area contributed by atoms with Crippen molar-refractivity contribution < 1.29 is 43.1 Å². The van der Waals surface area contributed by atoms with Crippen LogP contribution in [0.1, 0.15) is 71.8 Å². The van der Waals surface area contributed by atoms with Gasteiger partial charge < -0.3 is 43.6 Å². The Hall–Kier alpha value is -2.35. The predicted octanol–water partition coefficient (Wildman–Crippen LogP) is 6.20. The van der Waals surface area contributed by atoms with Crippen LogP contribution in [-0.4, -0.2) is 86.7 Å². The number of anilines is 1. The molecule has 272 valence electrons. The van der Waals surface area contributed by atoms with Crippen LogP contribution in [0.5, 0.6) is 5.75 Å². The second kappa shape index (κ2) is 15.5. The molecule has 1 spiro atoms. The van der Waals surface area contributed by atoms with E-state index in [1.165, 1.54) is 0 Å². The summed E-state index contributed by atoms with van der Waals surface area (Å²) < 4.78 is 38.1. The van der Waals surface area contributed by atoms with E-state index in [9.17, 15) is 15.0 Å². The lowest BCUT2D eigenvalue weighted by atomic mass is 9.88. The minimum Gasteiger partial charge on any atom is -0.497 e. The van der Waals surface area contributed by atoms with Crippen LogP contribution in [0.15, 0.2) is 54.6 Å². The SMILES string of the molecule is COc1ccc(CO[C@@H]2C[C@](CO)([C@@H](O)[C@@H]3CC[C@]4(CCC[C@@H]([C@@H](C)C(=O)Nc5ccccc5)O4)O3)O[C@@H]2CO[Si](C)(C)C(C)(C)C)cc1. The van der Waals surface area contributed by atoms with Gasteiger partial charge in [0, 0.05) is 24.9 Å². The highest BCUT2D eigenvalue weighted by atomic mass is 28.4. The van der Waals surface area contributed by atoms with Crippen molar-refractivity contribution in [3.8, 4) is 5.75 Å². The highest BCUT2D eigenvalue weighted by molar-refractivity contribution is 6.74. The first kappa shape index (κ1) is 37.9. The maximum atomic E-state index is 13.1. The van der Waals surface area contributed by atoms with Crippen molar-refractivity contribution in [2.75, 3.05) is 25.6 Å². The van der Waals surface area contributed by atoms with Gasteiger partial charge in [0.2, 0.25) is 5.91 Å². The number of carbonyl (C=O) groups excluding carboxylic acids is 1. The van der Waals surface area contributed by atoms with Gasteiger partial charge in [0.15, 0.2) is 14.1 Å². The maximum Gasteiger partial charge on any atom is 0.229 e. The molecule has 49 heavy (non-hydrogen) atoms. The van der Waals surface area contributed by atoms with Crippen LogP contribution in [0.25, 0.3) is 0 Å². The van der Waals surface area contributed by atoms with Crippen molar-refractivity contribution in [3.05, 3.63) is 60.2 Å². The molecular formula is C38H57NO9Si. The third-order valence-corrected chi connectivity index (χ3v) is 15.6. The Morgan fingerprint density at radius 3 is 2.37 bits per heavy atom. The molecule has 10 nitrogen and oxygen atoms in total. The first-order valence-electron chi connectivity index (χ1n) is 17.8. The monoisotopic (exact) mass is 699 g/mol. The summed E-state index contributed by atoms with van der Waals surface area (Å²) in [4.78, 5) is 13.1. The van der Waals surface area contributed by atoms with Gasteiger partial charge in [0.05, 0.1) is 51.2 Å². The van der Waals surface area contributed by atoms with Crippen molar-refractivity contribution >= 4 is 19.9 Å². The topological polar surface area (TPSA) is 125 Å². The molecule has 5 rings (SSSR count). The fourth-order valence-corrected chi connectivity index (χ4v) is 7.89. The third kappa shape index (κ3) is 8.76. The van der Waals surface area contributed by atoms with Crippen LogP contribution in [0.4, 0.5) is 5.69 Å². The van der Waals surface area contributed by atoms with E-state index in [1.54, 1.807) is 7.11 Å². The molecule has 3 N–H and O–H groups in total. The van der Waals surface area contributed by atoms with Crippen molar-refractivity contribution in [1.82, 2.24) is 0 Å². The minimum absolute atomic E-state index is 0.00220. The third-order valence-electron chi connectivity index (χ3n) is 11.1. The Kier molecular flexibility index (Phi) is 12.0. The number of aliphatic hydroxyl groups is 2. The summed E-state index contributed by atoms with van der Waals surface area (Å²) in [5, 5.41) is 25.8. The number of carbonyl (C=O) groups is 1. The van der Waals surface area contributed by atoms with Crippen molar-refractivity contribution in [2.45, 2.75) is 133 Å². The standard InChI is InChI=1S/C38H57NO9Si/c1-26(35(42)39-28-12-9-8-10-13-28)30-14-11-20-38(47-30)21-19-31(48-38)34(41)37(25-40)22-32(44-23-27-15-17-29(43-5)18-16-27)33(46-37)24-45-49(6,7)36(2,3)4/h8-10,12-13,15-18,26,30-34,40-41H,11,14,19-25H2,1-7H3,(H,39,42)/t26-,30+,31+,32-,33-,34+,37+,38+/m1/s1. The van der Waals surface area contributed by atoms with E-state index in [-0.39, 0.29) is 23.5 Å². The highest BCUT2D eigenvalue weighted by Crippen LogP contribution is 2.47. The molecule has 0 aliphatic carbocycles.